The van der Waals surface area contributed by atoms with Gasteiger partial charge in [0.05, 0.1) is 7.11 Å². The number of nitrogens with zero attached hydrogens (tertiary/aromatic N) is 1. The van der Waals surface area contributed by atoms with Gasteiger partial charge >= 0.3 is 5.97 Å². The first-order chi connectivity index (χ1) is 8.96. The molecule has 1 rings (SSSR count). The second-order valence-corrected chi connectivity index (χ2v) is 5.05. The van der Waals surface area contributed by atoms with Gasteiger partial charge in [0, 0.05) is 11.8 Å². The molecule has 2 N–H and O–H groups in total. The highest BCUT2D eigenvalue weighted by molar-refractivity contribution is 7.93. The maximum absolute atomic E-state index is 11.6. The van der Waals surface area contributed by atoms with Crippen molar-refractivity contribution in [3.8, 4) is 11.8 Å². The number of ether oxygens (including phenoxy) is 1. The minimum absolute atomic E-state index is 0.0358. The number of hydrogen-bond acceptors (Lipinski definition) is 6. The zero-order valence-electron chi connectivity index (χ0n) is 10.1. The summed E-state index contributed by atoms with van der Waals surface area (Å²) < 4.78 is 29.5. The number of anilines is 1. The van der Waals surface area contributed by atoms with Crippen LogP contribution in [0.1, 0.15) is 5.56 Å². The number of carbonyl (C=O) groups is 1. The van der Waals surface area contributed by atoms with Crippen molar-refractivity contribution in [2.45, 2.75) is 0 Å². The van der Waals surface area contributed by atoms with E-state index in [0.29, 0.717) is 5.56 Å². The summed E-state index contributed by atoms with van der Waals surface area (Å²) in [6.45, 7) is -0.300. The molecule has 0 bridgehead atoms. The highest BCUT2D eigenvalue weighted by atomic mass is 32.2. The monoisotopic (exact) mass is 284 g/mol. The summed E-state index contributed by atoms with van der Waals surface area (Å²) in [5.74, 6) is 3.40. The molecule has 0 radical (unpaired) electrons. The maximum Gasteiger partial charge on any atom is 0.322 e. The normalized spacial score (nSPS) is 10.2. The van der Waals surface area contributed by atoms with Crippen LogP contribution in [0.5, 0.6) is 0 Å². The number of nitrogens with one attached hydrogen (secondary N) is 1. The van der Waals surface area contributed by atoms with Gasteiger partial charge in [-0.15, -0.1) is 0 Å². The Labute approximate surface area is 110 Å². The lowest BCUT2D eigenvalue weighted by molar-refractivity contribution is -0.137. The smallest absolute Gasteiger partial charge is 0.322 e. The summed E-state index contributed by atoms with van der Waals surface area (Å²) in [6.07, 6.45) is 1.36. The molecule has 1 heterocycles. The van der Waals surface area contributed by atoms with E-state index in [4.69, 9.17) is 5.11 Å². The minimum atomic E-state index is -3.87. The zero-order chi connectivity index (χ0) is 14.3. The lowest BCUT2D eigenvalue weighted by Crippen LogP contribution is -2.24. The SMILES string of the molecule is COC(=O)CS(=O)(=O)Nc1cc(C#CCO)ccn1. The molecule has 1 aromatic heterocycles. The van der Waals surface area contributed by atoms with Crippen LogP contribution in [0.2, 0.25) is 0 Å². The molecule has 0 amide bonds. The van der Waals surface area contributed by atoms with E-state index < -0.39 is 21.7 Å². The van der Waals surface area contributed by atoms with Gasteiger partial charge in [0.25, 0.3) is 0 Å². The molecule has 0 atom stereocenters. The Bertz CT molecular complexity index is 615. The van der Waals surface area contributed by atoms with Gasteiger partial charge in [0.2, 0.25) is 10.0 Å². The summed E-state index contributed by atoms with van der Waals surface area (Å²) in [7, 11) is -2.77. The van der Waals surface area contributed by atoms with Crippen LogP contribution in [0.25, 0.3) is 0 Å². The molecule has 7 nitrogen and oxygen atoms in total. The maximum atomic E-state index is 11.6. The van der Waals surface area contributed by atoms with Crippen LogP contribution < -0.4 is 4.72 Å². The van der Waals surface area contributed by atoms with Crippen LogP contribution in [0, 0.1) is 11.8 Å². The van der Waals surface area contributed by atoms with Crippen molar-refractivity contribution in [2.24, 2.45) is 0 Å². The van der Waals surface area contributed by atoms with E-state index in [1.165, 1.54) is 12.3 Å². The van der Waals surface area contributed by atoms with E-state index in [1.807, 2.05) is 0 Å². The van der Waals surface area contributed by atoms with Gasteiger partial charge in [0.1, 0.15) is 12.4 Å². The number of aliphatic hydroxyl groups excluding tert-OH is 1. The van der Waals surface area contributed by atoms with Crippen molar-refractivity contribution in [3.63, 3.8) is 0 Å². The lowest BCUT2D eigenvalue weighted by atomic mass is 10.2. The topological polar surface area (TPSA) is 106 Å². The molecular weight excluding hydrogens is 272 g/mol. The van der Waals surface area contributed by atoms with Gasteiger partial charge in [-0.2, -0.15) is 0 Å². The third kappa shape index (κ3) is 5.37. The molecule has 0 unspecified atom stereocenters. The standard InChI is InChI=1S/C11H12N2O5S/c1-18-11(15)8-19(16,17)13-10-7-9(3-2-6-14)4-5-12-10/h4-5,7,14H,6,8H2,1H3,(H,12,13). The molecule has 0 aliphatic heterocycles. The highest BCUT2D eigenvalue weighted by Gasteiger charge is 2.17. The first-order valence-electron chi connectivity index (χ1n) is 5.10. The Morgan fingerprint density at radius 1 is 1.58 bits per heavy atom. The number of pyridine rings is 1. The fourth-order valence-electron chi connectivity index (χ4n) is 1.12. The fraction of sp³-hybridized carbons (Fsp3) is 0.273. The van der Waals surface area contributed by atoms with E-state index in [9.17, 15) is 13.2 Å². The van der Waals surface area contributed by atoms with Crippen LogP contribution in [0.4, 0.5) is 5.82 Å². The van der Waals surface area contributed by atoms with Crippen molar-refractivity contribution in [1.29, 1.82) is 0 Å². The van der Waals surface area contributed by atoms with Crippen molar-refractivity contribution in [3.05, 3.63) is 23.9 Å². The van der Waals surface area contributed by atoms with Crippen molar-refractivity contribution in [1.82, 2.24) is 4.98 Å². The summed E-state index contributed by atoms with van der Waals surface area (Å²) in [6, 6.07) is 2.94. The lowest BCUT2D eigenvalue weighted by Gasteiger charge is -2.06. The van der Waals surface area contributed by atoms with Crippen molar-refractivity contribution >= 4 is 21.8 Å². The predicted molar refractivity (Wildman–Crippen MR) is 67.6 cm³/mol. The molecule has 0 fully saturated rings. The number of hydrogen-bond donors (Lipinski definition) is 2. The molecule has 0 spiro atoms. The molecule has 0 saturated heterocycles. The molecule has 102 valence electrons. The molecular formula is C11H12N2O5S. The summed E-state index contributed by atoms with van der Waals surface area (Å²) in [5, 5.41) is 8.56. The summed E-state index contributed by atoms with van der Waals surface area (Å²) in [4.78, 5) is 14.7. The molecule has 0 saturated carbocycles. The number of aromatic nitrogens is 1. The fourth-order valence-corrected chi connectivity index (χ4v) is 2.05. The van der Waals surface area contributed by atoms with Crippen molar-refractivity contribution < 1.29 is 23.1 Å². The average Bonchev–Trinajstić information content (AvgIpc) is 2.35. The third-order valence-corrected chi connectivity index (χ3v) is 3.00. The second kappa shape index (κ2) is 6.72. The first kappa shape index (κ1) is 14.9. The molecule has 8 heteroatoms. The largest absolute Gasteiger partial charge is 0.468 e. The summed E-state index contributed by atoms with van der Waals surface area (Å²) in [5.41, 5.74) is 0.486. The molecule has 0 aromatic carbocycles. The number of rotatable bonds is 4. The Morgan fingerprint density at radius 2 is 2.32 bits per heavy atom. The molecule has 0 aliphatic carbocycles. The number of sulfonamides is 1. The third-order valence-electron chi connectivity index (χ3n) is 1.87. The van der Waals surface area contributed by atoms with Crippen LogP contribution in [0.3, 0.4) is 0 Å². The Morgan fingerprint density at radius 3 is 2.95 bits per heavy atom. The van der Waals surface area contributed by atoms with E-state index in [-0.39, 0.29) is 12.4 Å². The first-order valence-corrected chi connectivity index (χ1v) is 6.75. The van der Waals surface area contributed by atoms with E-state index in [2.05, 4.69) is 26.3 Å². The number of carbonyl (C=O) groups excluding carboxylic acids is 1. The van der Waals surface area contributed by atoms with Crippen LogP contribution >= 0.6 is 0 Å². The molecule has 19 heavy (non-hydrogen) atoms. The van der Waals surface area contributed by atoms with Crippen LogP contribution in [-0.4, -0.2) is 43.9 Å². The van der Waals surface area contributed by atoms with Gasteiger partial charge < -0.3 is 9.84 Å². The predicted octanol–water partition coefficient (Wildman–Crippen LogP) is -0.660. The molecule has 1 aromatic rings. The van der Waals surface area contributed by atoms with Crippen LogP contribution in [0.15, 0.2) is 18.3 Å². The van der Waals surface area contributed by atoms with Gasteiger partial charge in [-0.1, -0.05) is 11.8 Å². The zero-order valence-corrected chi connectivity index (χ0v) is 10.9. The Kier molecular flexibility index (Phi) is 5.29. The van der Waals surface area contributed by atoms with Crippen LogP contribution in [-0.2, 0) is 19.6 Å². The summed E-state index contributed by atoms with van der Waals surface area (Å²) >= 11 is 0. The van der Waals surface area contributed by atoms with Gasteiger partial charge in [-0.05, 0) is 12.1 Å². The Balaban J connectivity index is 2.85. The van der Waals surface area contributed by atoms with Gasteiger partial charge in [0.15, 0.2) is 5.75 Å². The average molecular weight is 284 g/mol. The van der Waals surface area contributed by atoms with E-state index in [0.717, 1.165) is 7.11 Å². The Hall–Kier alpha value is -2.11. The van der Waals surface area contributed by atoms with Crippen molar-refractivity contribution in [2.75, 3.05) is 24.2 Å². The quantitative estimate of drug-likeness (QED) is 0.561. The number of esters is 1. The number of aliphatic hydroxyl groups is 1. The highest BCUT2D eigenvalue weighted by Crippen LogP contribution is 2.08. The minimum Gasteiger partial charge on any atom is -0.468 e. The number of methoxy groups -OCH3 is 1. The van der Waals surface area contributed by atoms with E-state index in [1.54, 1.807) is 6.07 Å². The molecule has 0 aliphatic rings. The van der Waals surface area contributed by atoms with E-state index >= 15 is 0 Å². The van der Waals surface area contributed by atoms with Gasteiger partial charge in [-0.25, -0.2) is 13.4 Å². The second-order valence-electron chi connectivity index (χ2n) is 3.33. The van der Waals surface area contributed by atoms with Gasteiger partial charge in [-0.3, -0.25) is 9.52 Å².